The van der Waals surface area contributed by atoms with Gasteiger partial charge in [0.2, 0.25) is 5.76 Å². The van der Waals surface area contributed by atoms with Gasteiger partial charge in [-0.1, -0.05) is 36.4 Å². The van der Waals surface area contributed by atoms with Crippen LogP contribution in [-0.2, 0) is 20.8 Å². The summed E-state index contributed by atoms with van der Waals surface area (Å²) in [5.74, 6) is 0.484. The van der Waals surface area contributed by atoms with Crippen molar-refractivity contribution in [3.63, 3.8) is 0 Å². The minimum atomic E-state index is -0.504. The van der Waals surface area contributed by atoms with Crippen LogP contribution in [0.15, 0.2) is 60.5 Å². The SMILES string of the molecule is COC(=O)C(=Cc1ccccc1Cn1ccc2cccc(OC)c21)OC. The van der Waals surface area contributed by atoms with Crippen molar-refractivity contribution < 1.29 is 19.0 Å². The third-order valence-corrected chi connectivity index (χ3v) is 4.26. The van der Waals surface area contributed by atoms with Crippen LogP contribution in [0.1, 0.15) is 11.1 Å². The Labute approximate surface area is 152 Å². The number of fused-ring (bicyclic) bond motifs is 1. The number of nitrogens with zero attached hydrogens (tertiary/aromatic N) is 1. The molecule has 2 aromatic carbocycles. The number of aromatic nitrogens is 1. The molecular formula is C21H21NO4. The number of carbonyl (C=O) groups excluding carboxylic acids is 1. The third-order valence-electron chi connectivity index (χ3n) is 4.26. The number of hydrogen-bond acceptors (Lipinski definition) is 4. The largest absolute Gasteiger partial charge is 0.495 e. The first-order valence-electron chi connectivity index (χ1n) is 8.21. The summed E-state index contributed by atoms with van der Waals surface area (Å²) in [6, 6.07) is 15.9. The lowest BCUT2D eigenvalue weighted by Gasteiger charge is -2.12. The summed E-state index contributed by atoms with van der Waals surface area (Å²) in [7, 11) is 4.46. The normalized spacial score (nSPS) is 11.4. The number of para-hydroxylation sites is 1. The first-order chi connectivity index (χ1) is 12.7. The van der Waals surface area contributed by atoms with Crippen molar-refractivity contribution in [3.8, 4) is 5.75 Å². The Morgan fingerprint density at radius 1 is 1.00 bits per heavy atom. The monoisotopic (exact) mass is 351 g/mol. The van der Waals surface area contributed by atoms with E-state index < -0.39 is 5.97 Å². The van der Waals surface area contributed by atoms with E-state index in [1.807, 2.05) is 42.6 Å². The highest BCUT2D eigenvalue weighted by Gasteiger charge is 2.12. The first kappa shape index (κ1) is 17.6. The molecule has 0 aliphatic carbocycles. The van der Waals surface area contributed by atoms with E-state index in [9.17, 15) is 4.79 Å². The second-order valence-corrected chi connectivity index (χ2v) is 5.74. The maximum atomic E-state index is 11.8. The number of benzene rings is 2. The topological polar surface area (TPSA) is 49.7 Å². The minimum absolute atomic E-state index is 0.162. The van der Waals surface area contributed by atoms with Gasteiger partial charge >= 0.3 is 5.97 Å². The fourth-order valence-electron chi connectivity index (χ4n) is 2.97. The van der Waals surface area contributed by atoms with Gasteiger partial charge in [0.25, 0.3) is 0 Å². The third kappa shape index (κ3) is 3.42. The number of esters is 1. The molecule has 0 radical (unpaired) electrons. The molecule has 5 heteroatoms. The van der Waals surface area contributed by atoms with Gasteiger partial charge in [-0.25, -0.2) is 4.79 Å². The Bertz CT molecular complexity index is 956. The zero-order valence-corrected chi connectivity index (χ0v) is 15.1. The van der Waals surface area contributed by atoms with Crippen molar-refractivity contribution in [2.75, 3.05) is 21.3 Å². The molecule has 0 amide bonds. The molecule has 0 saturated carbocycles. The molecule has 3 aromatic rings. The molecule has 0 spiro atoms. The van der Waals surface area contributed by atoms with E-state index in [0.29, 0.717) is 6.54 Å². The van der Waals surface area contributed by atoms with Crippen LogP contribution in [0.25, 0.3) is 17.0 Å². The maximum Gasteiger partial charge on any atom is 0.373 e. The summed E-state index contributed by atoms with van der Waals surface area (Å²) >= 11 is 0. The molecule has 0 fully saturated rings. The molecule has 0 N–H and O–H groups in total. The summed E-state index contributed by atoms with van der Waals surface area (Å²) in [6.45, 7) is 0.634. The molecule has 26 heavy (non-hydrogen) atoms. The van der Waals surface area contributed by atoms with Crippen molar-refractivity contribution >= 4 is 22.9 Å². The van der Waals surface area contributed by atoms with Crippen molar-refractivity contribution in [2.24, 2.45) is 0 Å². The summed E-state index contributed by atoms with van der Waals surface area (Å²) in [6.07, 6.45) is 3.73. The van der Waals surface area contributed by atoms with Crippen LogP contribution in [0.3, 0.4) is 0 Å². The number of methoxy groups -OCH3 is 3. The molecule has 0 atom stereocenters. The second-order valence-electron chi connectivity index (χ2n) is 5.74. The molecule has 0 saturated heterocycles. The fourth-order valence-corrected chi connectivity index (χ4v) is 2.97. The van der Waals surface area contributed by atoms with E-state index in [-0.39, 0.29) is 5.76 Å². The Morgan fingerprint density at radius 3 is 2.54 bits per heavy atom. The van der Waals surface area contributed by atoms with Gasteiger partial charge in [-0.05, 0) is 29.3 Å². The molecule has 0 bridgehead atoms. The summed E-state index contributed by atoms with van der Waals surface area (Å²) in [4.78, 5) is 11.8. The van der Waals surface area contributed by atoms with Crippen LogP contribution in [0, 0.1) is 0 Å². The van der Waals surface area contributed by atoms with Crippen molar-refractivity contribution in [1.82, 2.24) is 4.57 Å². The van der Waals surface area contributed by atoms with E-state index in [1.165, 1.54) is 14.2 Å². The lowest BCUT2D eigenvalue weighted by Crippen LogP contribution is -2.07. The standard InChI is InChI=1S/C21H21NO4/c1-24-18-10-6-9-15-11-12-22(20(15)18)14-17-8-5-4-7-16(17)13-19(25-2)21(23)26-3/h4-13H,14H2,1-3H3. The number of ether oxygens (including phenoxy) is 3. The van der Waals surface area contributed by atoms with E-state index in [4.69, 9.17) is 14.2 Å². The van der Waals surface area contributed by atoms with Gasteiger partial charge in [0.1, 0.15) is 5.75 Å². The number of carbonyl (C=O) groups is 1. The van der Waals surface area contributed by atoms with E-state index in [2.05, 4.69) is 16.7 Å². The minimum Gasteiger partial charge on any atom is -0.495 e. The highest BCUT2D eigenvalue weighted by atomic mass is 16.6. The summed E-state index contributed by atoms with van der Waals surface area (Å²) in [5.41, 5.74) is 2.98. The maximum absolute atomic E-state index is 11.8. The molecule has 0 aliphatic heterocycles. The summed E-state index contributed by atoms with van der Waals surface area (Å²) < 4.78 is 17.6. The first-order valence-corrected chi connectivity index (χ1v) is 8.21. The Balaban J connectivity index is 2.02. The number of hydrogen-bond donors (Lipinski definition) is 0. The molecule has 134 valence electrons. The zero-order valence-electron chi connectivity index (χ0n) is 15.1. The molecule has 1 aromatic heterocycles. The lowest BCUT2D eigenvalue weighted by molar-refractivity contribution is -0.139. The van der Waals surface area contributed by atoms with Crippen LogP contribution < -0.4 is 4.74 Å². The lowest BCUT2D eigenvalue weighted by atomic mass is 10.1. The highest BCUT2D eigenvalue weighted by Crippen LogP contribution is 2.27. The van der Waals surface area contributed by atoms with E-state index in [0.717, 1.165) is 27.8 Å². The second kappa shape index (κ2) is 7.78. The van der Waals surface area contributed by atoms with Gasteiger partial charge in [-0.15, -0.1) is 0 Å². The quantitative estimate of drug-likeness (QED) is 0.384. The molecular weight excluding hydrogens is 330 g/mol. The van der Waals surface area contributed by atoms with Crippen molar-refractivity contribution in [2.45, 2.75) is 6.54 Å². The molecule has 5 nitrogen and oxygen atoms in total. The van der Waals surface area contributed by atoms with Crippen LogP contribution in [-0.4, -0.2) is 31.9 Å². The summed E-state index contributed by atoms with van der Waals surface area (Å²) in [5, 5.41) is 1.12. The Hall–Kier alpha value is -3.21. The fraction of sp³-hybridized carbons (Fsp3) is 0.190. The molecule has 3 rings (SSSR count). The average molecular weight is 351 g/mol. The smallest absolute Gasteiger partial charge is 0.373 e. The van der Waals surface area contributed by atoms with Gasteiger partial charge < -0.3 is 18.8 Å². The van der Waals surface area contributed by atoms with Gasteiger partial charge in [0, 0.05) is 18.1 Å². The van der Waals surface area contributed by atoms with Crippen LogP contribution in [0.2, 0.25) is 0 Å². The van der Waals surface area contributed by atoms with E-state index >= 15 is 0 Å². The Kier molecular flexibility index (Phi) is 5.27. The van der Waals surface area contributed by atoms with Gasteiger partial charge in [-0.3, -0.25) is 0 Å². The van der Waals surface area contributed by atoms with Crippen LogP contribution in [0.4, 0.5) is 0 Å². The van der Waals surface area contributed by atoms with Gasteiger partial charge in [0.05, 0.1) is 26.8 Å². The van der Waals surface area contributed by atoms with Gasteiger partial charge in [0.15, 0.2) is 0 Å². The molecule has 0 unspecified atom stereocenters. The molecule has 0 aliphatic rings. The average Bonchev–Trinajstić information content (AvgIpc) is 3.09. The molecule has 1 heterocycles. The Morgan fingerprint density at radius 2 is 1.81 bits per heavy atom. The zero-order chi connectivity index (χ0) is 18.5. The van der Waals surface area contributed by atoms with Gasteiger partial charge in [-0.2, -0.15) is 0 Å². The number of rotatable bonds is 6. The van der Waals surface area contributed by atoms with Crippen LogP contribution in [0.5, 0.6) is 5.75 Å². The van der Waals surface area contributed by atoms with E-state index in [1.54, 1.807) is 13.2 Å². The van der Waals surface area contributed by atoms with Crippen molar-refractivity contribution in [1.29, 1.82) is 0 Å². The predicted octanol–water partition coefficient (Wildman–Crippen LogP) is 3.86. The highest BCUT2D eigenvalue weighted by molar-refractivity contribution is 5.91. The van der Waals surface area contributed by atoms with Crippen molar-refractivity contribution in [3.05, 3.63) is 71.6 Å². The predicted molar refractivity (Wildman–Crippen MR) is 101 cm³/mol. The van der Waals surface area contributed by atoms with Crippen LogP contribution >= 0.6 is 0 Å².